The second-order valence-electron chi connectivity index (χ2n) is 11.5. The van der Waals surface area contributed by atoms with E-state index in [1.165, 1.54) is 11.2 Å². The highest BCUT2D eigenvalue weighted by Crippen LogP contribution is 2.22. The summed E-state index contributed by atoms with van der Waals surface area (Å²) in [5, 5.41) is 2.71. The molecule has 3 amide bonds. The summed E-state index contributed by atoms with van der Waals surface area (Å²) in [5.74, 6) is -0.304. The van der Waals surface area contributed by atoms with Gasteiger partial charge in [0.25, 0.3) is 0 Å². The van der Waals surface area contributed by atoms with Crippen LogP contribution < -0.4 is 10.1 Å². The third kappa shape index (κ3) is 8.76. The Morgan fingerprint density at radius 2 is 1.59 bits per heavy atom. The predicted octanol–water partition coefficient (Wildman–Crippen LogP) is 1.81. The highest BCUT2D eigenvalue weighted by Gasteiger charge is 2.37. The third-order valence-corrected chi connectivity index (χ3v) is 8.17. The molecule has 2 aliphatic heterocycles. The first-order chi connectivity index (χ1) is 18.1. The van der Waals surface area contributed by atoms with Crippen molar-refractivity contribution in [2.75, 3.05) is 39.0 Å². The van der Waals surface area contributed by atoms with Gasteiger partial charge in [0.05, 0.1) is 12.3 Å². The largest absolute Gasteiger partial charge is 0.415 e. The molecule has 12 heteroatoms. The summed E-state index contributed by atoms with van der Waals surface area (Å²) in [7, 11) is -3.52. The van der Waals surface area contributed by atoms with Gasteiger partial charge in [-0.3, -0.25) is 14.4 Å². The minimum absolute atomic E-state index is 0.0853. The molecule has 3 rings (SSSR count). The number of rotatable bonds is 8. The molecule has 0 saturated carbocycles. The number of sulfonamides is 1. The fraction of sp³-hybridized carbons (Fsp3) is 0.630. The van der Waals surface area contributed by atoms with E-state index in [1.807, 2.05) is 20.8 Å². The molecule has 1 aromatic carbocycles. The second-order valence-corrected chi connectivity index (χ2v) is 13.5. The van der Waals surface area contributed by atoms with Crippen LogP contribution in [0.3, 0.4) is 0 Å². The number of hydrogen-bond acceptors (Lipinski definition) is 7. The number of ether oxygens (including phenoxy) is 1. The van der Waals surface area contributed by atoms with Crippen LogP contribution in [0.5, 0.6) is 5.75 Å². The number of nitrogens with one attached hydrogen (secondary N) is 1. The summed E-state index contributed by atoms with van der Waals surface area (Å²) in [6, 6.07) is 5.04. The Kier molecular flexibility index (Phi) is 9.76. The van der Waals surface area contributed by atoms with Crippen LogP contribution in [0, 0.1) is 5.41 Å². The standard InChI is InChI=1S/C27H40N4O7S/c1-19(32)22(28-25(34)23-7-6-12-31(23)39(5,36)37)17-20-8-10-21(11-9-20)38-26(35)30-15-13-29(14-16-30)24(33)18-27(2,3)4/h8-11,22-23H,6-7,12-18H2,1-5H3,(H,28,34)/t22-,23?/m0/s1. The molecule has 11 nitrogen and oxygen atoms in total. The summed E-state index contributed by atoms with van der Waals surface area (Å²) >= 11 is 0. The van der Waals surface area contributed by atoms with Gasteiger partial charge in [0.2, 0.25) is 21.8 Å². The third-order valence-electron chi connectivity index (χ3n) is 6.88. The molecule has 0 radical (unpaired) electrons. The molecule has 0 aromatic heterocycles. The van der Waals surface area contributed by atoms with Crippen molar-refractivity contribution in [2.45, 2.75) is 65.5 Å². The summed E-state index contributed by atoms with van der Waals surface area (Å²) in [4.78, 5) is 53.5. The van der Waals surface area contributed by atoms with Crippen molar-refractivity contribution in [3.05, 3.63) is 29.8 Å². The lowest BCUT2D eigenvalue weighted by Gasteiger charge is -2.35. The molecule has 2 heterocycles. The summed E-state index contributed by atoms with van der Waals surface area (Å²) in [6.45, 7) is 9.43. The monoisotopic (exact) mass is 564 g/mol. The molecule has 39 heavy (non-hydrogen) atoms. The number of nitrogens with zero attached hydrogens (tertiary/aromatic N) is 3. The number of benzene rings is 1. The van der Waals surface area contributed by atoms with Crippen molar-refractivity contribution in [1.82, 2.24) is 19.4 Å². The first-order valence-corrected chi connectivity index (χ1v) is 15.1. The van der Waals surface area contributed by atoms with Crippen molar-refractivity contribution in [3.8, 4) is 5.75 Å². The Morgan fingerprint density at radius 1 is 1.00 bits per heavy atom. The van der Waals surface area contributed by atoms with Gasteiger partial charge in [-0.25, -0.2) is 13.2 Å². The summed E-state index contributed by atoms with van der Waals surface area (Å²) < 4.78 is 30.6. The summed E-state index contributed by atoms with van der Waals surface area (Å²) in [5.41, 5.74) is 0.651. The smallest absolute Gasteiger partial charge is 0.410 e. The van der Waals surface area contributed by atoms with E-state index in [1.54, 1.807) is 34.1 Å². The SMILES string of the molecule is CC(=O)[C@H](Cc1ccc(OC(=O)N2CCN(C(=O)CC(C)(C)C)CC2)cc1)NC(=O)C1CCCN1S(C)(=O)=O. The van der Waals surface area contributed by atoms with Gasteiger partial charge in [-0.05, 0) is 49.3 Å². The number of Topliss-reactive ketones (excluding diaryl/α,β-unsaturated/α-hetero) is 1. The quantitative estimate of drug-likeness (QED) is 0.509. The normalized spacial score (nSPS) is 19.5. The molecule has 2 atom stereocenters. The van der Waals surface area contributed by atoms with E-state index < -0.39 is 34.1 Å². The second kappa shape index (κ2) is 12.5. The number of piperazine rings is 1. The van der Waals surface area contributed by atoms with E-state index in [9.17, 15) is 27.6 Å². The van der Waals surface area contributed by atoms with Gasteiger partial charge in [0.15, 0.2) is 5.78 Å². The Morgan fingerprint density at radius 3 is 2.13 bits per heavy atom. The first kappa shape index (κ1) is 30.6. The van der Waals surface area contributed by atoms with E-state index in [4.69, 9.17) is 4.74 Å². The van der Waals surface area contributed by atoms with E-state index >= 15 is 0 Å². The Bertz CT molecular complexity index is 1170. The molecule has 1 N–H and O–H groups in total. The van der Waals surface area contributed by atoms with Crippen molar-refractivity contribution in [1.29, 1.82) is 0 Å². The minimum atomic E-state index is -3.52. The molecular formula is C27H40N4O7S. The Hall–Kier alpha value is -2.99. The van der Waals surface area contributed by atoms with Crippen LogP contribution in [0.2, 0.25) is 0 Å². The number of carbonyl (C=O) groups excluding carboxylic acids is 4. The van der Waals surface area contributed by atoms with Gasteiger partial charge < -0.3 is 19.9 Å². The van der Waals surface area contributed by atoms with E-state index in [0.29, 0.717) is 51.2 Å². The van der Waals surface area contributed by atoms with E-state index in [-0.39, 0.29) is 30.1 Å². The molecule has 0 spiro atoms. The zero-order valence-corrected chi connectivity index (χ0v) is 24.3. The lowest BCUT2D eigenvalue weighted by molar-refractivity contribution is -0.134. The topological polar surface area (TPSA) is 133 Å². The van der Waals surface area contributed by atoms with Crippen LogP contribution in [0.25, 0.3) is 0 Å². The van der Waals surface area contributed by atoms with Crippen LogP contribution in [0.4, 0.5) is 4.79 Å². The molecule has 0 bridgehead atoms. The van der Waals surface area contributed by atoms with E-state index in [0.717, 1.165) is 11.8 Å². The highest BCUT2D eigenvalue weighted by molar-refractivity contribution is 7.88. The maximum Gasteiger partial charge on any atom is 0.415 e. The molecular weight excluding hydrogens is 524 g/mol. The molecule has 1 aromatic rings. The molecule has 2 aliphatic rings. The van der Waals surface area contributed by atoms with Crippen LogP contribution in [-0.2, 0) is 30.8 Å². The molecule has 216 valence electrons. The minimum Gasteiger partial charge on any atom is -0.410 e. The number of ketones is 1. The first-order valence-electron chi connectivity index (χ1n) is 13.3. The van der Waals surface area contributed by atoms with Crippen LogP contribution >= 0.6 is 0 Å². The number of amides is 3. The maximum atomic E-state index is 12.8. The van der Waals surface area contributed by atoms with Gasteiger partial charge in [-0.15, -0.1) is 0 Å². The molecule has 2 saturated heterocycles. The van der Waals surface area contributed by atoms with Crippen LogP contribution in [0.1, 0.15) is 52.5 Å². The maximum absolute atomic E-state index is 12.8. The van der Waals surface area contributed by atoms with Crippen molar-refractivity contribution >= 4 is 33.7 Å². The Labute approximate surface area is 230 Å². The highest BCUT2D eigenvalue weighted by atomic mass is 32.2. The van der Waals surface area contributed by atoms with E-state index in [2.05, 4.69) is 5.32 Å². The Balaban J connectivity index is 1.52. The number of carbonyl (C=O) groups is 4. The van der Waals surface area contributed by atoms with Gasteiger partial charge in [-0.1, -0.05) is 32.9 Å². The van der Waals surface area contributed by atoms with Crippen LogP contribution in [-0.4, -0.2) is 97.3 Å². The van der Waals surface area contributed by atoms with Crippen molar-refractivity contribution in [2.24, 2.45) is 5.41 Å². The molecule has 1 unspecified atom stereocenters. The molecule has 0 aliphatic carbocycles. The van der Waals surface area contributed by atoms with Gasteiger partial charge in [0.1, 0.15) is 11.8 Å². The fourth-order valence-electron chi connectivity index (χ4n) is 4.76. The molecule has 2 fully saturated rings. The zero-order chi connectivity index (χ0) is 29.0. The van der Waals surface area contributed by atoms with Gasteiger partial charge in [0, 0.05) is 39.1 Å². The van der Waals surface area contributed by atoms with Gasteiger partial charge in [-0.2, -0.15) is 4.31 Å². The van der Waals surface area contributed by atoms with Crippen molar-refractivity contribution < 1.29 is 32.3 Å². The zero-order valence-electron chi connectivity index (χ0n) is 23.4. The predicted molar refractivity (Wildman–Crippen MR) is 146 cm³/mol. The van der Waals surface area contributed by atoms with Crippen LogP contribution in [0.15, 0.2) is 24.3 Å². The average Bonchev–Trinajstić information content (AvgIpc) is 3.35. The van der Waals surface area contributed by atoms with Crippen molar-refractivity contribution in [3.63, 3.8) is 0 Å². The lowest BCUT2D eigenvalue weighted by Crippen LogP contribution is -2.51. The van der Waals surface area contributed by atoms with Gasteiger partial charge >= 0.3 is 6.09 Å². The fourth-order valence-corrected chi connectivity index (χ4v) is 5.89. The summed E-state index contributed by atoms with van der Waals surface area (Å²) in [6.07, 6.45) is 2.24. The average molecular weight is 565 g/mol. The lowest BCUT2D eigenvalue weighted by atomic mass is 9.91. The number of hydrogen-bond donors (Lipinski definition) is 1.